The highest BCUT2D eigenvalue weighted by atomic mass is 32.2. The first kappa shape index (κ1) is 31.7. The Labute approximate surface area is 239 Å². The Morgan fingerprint density at radius 3 is 2.22 bits per heavy atom. The van der Waals surface area contributed by atoms with E-state index >= 15 is 0 Å². The van der Waals surface area contributed by atoms with Crippen molar-refractivity contribution < 1.29 is 31.2 Å². The van der Waals surface area contributed by atoms with Crippen molar-refractivity contribution in [2.24, 2.45) is 0 Å². The Morgan fingerprint density at radius 2 is 1.61 bits per heavy atom. The lowest BCUT2D eigenvalue weighted by atomic mass is 10.0. The molecular formula is C30H34F3N3O4S. The Kier molecular flexibility index (Phi) is 10.6. The quantitative estimate of drug-likeness (QED) is 0.324. The van der Waals surface area contributed by atoms with Crippen molar-refractivity contribution in [2.75, 3.05) is 23.7 Å². The van der Waals surface area contributed by atoms with Gasteiger partial charge in [0, 0.05) is 19.5 Å². The molecule has 0 spiro atoms. The van der Waals surface area contributed by atoms with Crippen molar-refractivity contribution in [3.05, 3.63) is 101 Å². The van der Waals surface area contributed by atoms with Gasteiger partial charge < -0.3 is 10.2 Å². The van der Waals surface area contributed by atoms with Gasteiger partial charge in [0.1, 0.15) is 12.6 Å². The van der Waals surface area contributed by atoms with E-state index < -0.39 is 46.2 Å². The number of carbonyl (C=O) groups is 2. The van der Waals surface area contributed by atoms with Crippen LogP contribution in [0.4, 0.5) is 18.9 Å². The van der Waals surface area contributed by atoms with E-state index in [1.54, 1.807) is 12.1 Å². The Hall–Kier alpha value is -3.86. The van der Waals surface area contributed by atoms with Crippen LogP contribution in [-0.4, -0.2) is 50.5 Å². The fourth-order valence-electron chi connectivity index (χ4n) is 4.34. The molecule has 0 aromatic heterocycles. The molecule has 0 aliphatic rings. The van der Waals surface area contributed by atoms with Crippen LogP contribution < -0.4 is 9.62 Å². The van der Waals surface area contributed by atoms with Crippen LogP contribution in [0.25, 0.3) is 0 Å². The highest BCUT2D eigenvalue weighted by Crippen LogP contribution is 2.32. The van der Waals surface area contributed by atoms with Crippen molar-refractivity contribution >= 4 is 27.5 Å². The van der Waals surface area contributed by atoms with Gasteiger partial charge in [0.25, 0.3) is 0 Å². The van der Waals surface area contributed by atoms with E-state index in [4.69, 9.17) is 0 Å². The van der Waals surface area contributed by atoms with Crippen LogP contribution in [0.5, 0.6) is 0 Å². The number of amides is 2. The van der Waals surface area contributed by atoms with Gasteiger partial charge in [0.15, 0.2) is 0 Å². The van der Waals surface area contributed by atoms with Crippen LogP contribution in [0.1, 0.15) is 35.6 Å². The van der Waals surface area contributed by atoms with Gasteiger partial charge in [-0.2, -0.15) is 13.2 Å². The van der Waals surface area contributed by atoms with Crippen molar-refractivity contribution in [3.63, 3.8) is 0 Å². The molecule has 2 amide bonds. The van der Waals surface area contributed by atoms with E-state index in [1.807, 2.05) is 56.3 Å². The topological polar surface area (TPSA) is 86.8 Å². The van der Waals surface area contributed by atoms with E-state index in [0.29, 0.717) is 23.3 Å². The fourth-order valence-corrected chi connectivity index (χ4v) is 5.18. The average Bonchev–Trinajstić information content (AvgIpc) is 2.92. The molecule has 1 N–H and O–H groups in total. The van der Waals surface area contributed by atoms with E-state index in [-0.39, 0.29) is 18.7 Å². The number of sulfonamides is 1. The molecule has 0 radical (unpaired) electrons. The summed E-state index contributed by atoms with van der Waals surface area (Å²) in [7, 11) is -4.19. The predicted molar refractivity (Wildman–Crippen MR) is 153 cm³/mol. The third kappa shape index (κ3) is 8.81. The minimum Gasteiger partial charge on any atom is -0.354 e. The number of carbonyl (C=O) groups excluding carboxylic acids is 2. The summed E-state index contributed by atoms with van der Waals surface area (Å²) in [6.07, 6.45) is -3.08. The number of anilines is 1. The number of benzene rings is 3. The Bertz CT molecular complexity index is 1450. The first-order valence-corrected chi connectivity index (χ1v) is 15.0. The van der Waals surface area contributed by atoms with Crippen molar-refractivity contribution in [1.82, 2.24) is 10.2 Å². The van der Waals surface area contributed by atoms with Crippen molar-refractivity contribution in [1.29, 1.82) is 0 Å². The molecule has 220 valence electrons. The lowest BCUT2D eigenvalue weighted by molar-refractivity contribution is -0.140. The maximum Gasteiger partial charge on any atom is 0.416 e. The van der Waals surface area contributed by atoms with E-state index in [1.165, 1.54) is 11.0 Å². The number of nitrogens with zero attached hydrogens (tertiary/aromatic N) is 2. The molecule has 7 nitrogen and oxygen atoms in total. The third-order valence-corrected chi connectivity index (χ3v) is 7.70. The SMILES string of the molecule is CCCNC(=O)C(Cc1ccccc1)N(Cc1ccccc1C)C(=O)CN(c1cccc(C(F)(F)F)c1)S(C)(=O)=O. The molecule has 1 unspecified atom stereocenters. The summed E-state index contributed by atoms with van der Waals surface area (Å²) in [5.74, 6) is -1.15. The molecule has 41 heavy (non-hydrogen) atoms. The standard InChI is InChI=1S/C30H34F3N3O4S/c1-4-17-34-29(38)27(18-23-12-6-5-7-13-23)35(20-24-14-9-8-11-22(24)2)28(37)21-36(41(3,39)40)26-16-10-15-25(19-26)30(31,32)33/h5-16,19,27H,4,17-18,20-21H2,1-3H3,(H,34,38). The summed E-state index contributed by atoms with van der Waals surface area (Å²) in [6, 6.07) is 19.2. The number of rotatable bonds is 12. The second-order valence-corrected chi connectivity index (χ2v) is 11.7. The molecule has 1 atom stereocenters. The zero-order valence-corrected chi connectivity index (χ0v) is 24.0. The molecular weight excluding hydrogens is 555 g/mol. The normalized spacial score (nSPS) is 12.4. The summed E-state index contributed by atoms with van der Waals surface area (Å²) < 4.78 is 66.5. The van der Waals surface area contributed by atoms with Crippen LogP contribution >= 0.6 is 0 Å². The number of alkyl halides is 3. The van der Waals surface area contributed by atoms with Crippen LogP contribution in [-0.2, 0) is 38.8 Å². The van der Waals surface area contributed by atoms with Gasteiger partial charge in [-0.25, -0.2) is 8.42 Å². The number of nitrogens with one attached hydrogen (secondary N) is 1. The van der Waals surface area contributed by atoms with Crippen LogP contribution in [0.15, 0.2) is 78.9 Å². The first-order valence-electron chi connectivity index (χ1n) is 13.1. The Morgan fingerprint density at radius 1 is 0.951 bits per heavy atom. The third-order valence-electron chi connectivity index (χ3n) is 6.56. The first-order chi connectivity index (χ1) is 19.3. The molecule has 0 saturated heterocycles. The average molecular weight is 590 g/mol. The molecule has 0 saturated carbocycles. The maximum atomic E-state index is 14.0. The second kappa shape index (κ2) is 13.7. The smallest absolute Gasteiger partial charge is 0.354 e. The largest absolute Gasteiger partial charge is 0.416 e. The molecule has 11 heteroatoms. The fraction of sp³-hybridized carbons (Fsp3) is 0.333. The Balaban J connectivity index is 2.08. The van der Waals surface area contributed by atoms with Gasteiger partial charge in [-0.05, 0) is 48.2 Å². The molecule has 3 aromatic carbocycles. The summed E-state index contributed by atoms with van der Waals surface area (Å²) in [6.45, 7) is 3.31. The lowest BCUT2D eigenvalue weighted by Crippen LogP contribution is -2.53. The van der Waals surface area contributed by atoms with Crippen molar-refractivity contribution in [2.45, 2.75) is 45.5 Å². The summed E-state index contributed by atoms with van der Waals surface area (Å²) >= 11 is 0. The van der Waals surface area contributed by atoms with Gasteiger partial charge in [0.05, 0.1) is 17.5 Å². The lowest BCUT2D eigenvalue weighted by Gasteiger charge is -2.34. The molecule has 3 aromatic rings. The monoisotopic (exact) mass is 589 g/mol. The number of hydrogen-bond donors (Lipinski definition) is 1. The van der Waals surface area contributed by atoms with Crippen LogP contribution in [0.3, 0.4) is 0 Å². The molecule has 0 bridgehead atoms. The van der Waals surface area contributed by atoms with Crippen LogP contribution in [0, 0.1) is 6.92 Å². The van der Waals surface area contributed by atoms with Gasteiger partial charge in [0.2, 0.25) is 21.8 Å². The van der Waals surface area contributed by atoms with E-state index in [2.05, 4.69) is 5.32 Å². The van der Waals surface area contributed by atoms with E-state index in [0.717, 1.165) is 35.1 Å². The van der Waals surface area contributed by atoms with Gasteiger partial charge in [-0.1, -0.05) is 67.6 Å². The zero-order chi connectivity index (χ0) is 30.2. The van der Waals surface area contributed by atoms with Crippen LogP contribution in [0.2, 0.25) is 0 Å². The highest BCUT2D eigenvalue weighted by molar-refractivity contribution is 7.92. The number of halogens is 3. The van der Waals surface area contributed by atoms with Crippen molar-refractivity contribution in [3.8, 4) is 0 Å². The highest BCUT2D eigenvalue weighted by Gasteiger charge is 2.35. The van der Waals surface area contributed by atoms with Gasteiger partial charge in [-0.3, -0.25) is 13.9 Å². The molecule has 0 aliphatic carbocycles. The minimum atomic E-state index is -4.71. The zero-order valence-electron chi connectivity index (χ0n) is 23.2. The molecule has 0 aliphatic heterocycles. The maximum absolute atomic E-state index is 14.0. The van der Waals surface area contributed by atoms with Gasteiger partial charge >= 0.3 is 6.18 Å². The number of hydrogen-bond acceptors (Lipinski definition) is 4. The van der Waals surface area contributed by atoms with E-state index in [9.17, 15) is 31.2 Å². The molecule has 0 heterocycles. The summed E-state index contributed by atoms with van der Waals surface area (Å²) in [5.41, 5.74) is 1.03. The summed E-state index contributed by atoms with van der Waals surface area (Å²) in [5, 5.41) is 2.84. The number of aryl methyl sites for hydroxylation is 1. The summed E-state index contributed by atoms with van der Waals surface area (Å²) in [4.78, 5) is 28.8. The predicted octanol–water partition coefficient (Wildman–Crippen LogP) is 4.95. The van der Waals surface area contributed by atoms with Gasteiger partial charge in [-0.15, -0.1) is 0 Å². The minimum absolute atomic E-state index is 0.0112. The molecule has 0 fully saturated rings. The molecule has 3 rings (SSSR count). The second-order valence-electron chi connectivity index (χ2n) is 9.76.